The molecule has 5 heteroatoms. The summed E-state index contributed by atoms with van der Waals surface area (Å²) >= 11 is -1.89. The van der Waals surface area contributed by atoms with Gasteiger partial charge in [0.05, 0.1) is 12.0 Å². The maximum atomic E-state index is 10.5. The van der Waals surface area contributed by atoms with Crippen molar-refractivity contribution in [1.29, 1.82) is 0 Å². The summed E-state index contributed by atoms with van der Waals surface area (Å²) in [6, 6.07) is 6.39. The summed E-state index contributed by atoms with van der Waals surface area (Å²) in [6.45, 7) is 0. The largest absolute Gasteiger partial charge is 1.00 e. The molecule has 3 nitrogen and oxygen atoms in total. The van der Waals surface area contributed by atoms with Gasteiger partial charge in [-0.05, 0) is 24.3 Å². The molecule has 0 aliphatic rings. The van der Waals surface area contributed by atoms with E-state index in [2.05, 4.69) is 0 Å². The first-order valence-corrected chi connectivity index (χ1v) is 4.09. The van der Waals surface area contributed by atoms with Crippen molar-refractivity contribution < 1.29 is 33.8 Å². The second-order valence-electron chi connectivity index (χ2n) is 1.92. The molecule has 1 unspecified atom stereocenters. The summed E-state index contributed by atoms with van der Waals surface area (Å²) in [5.74, 6) is 0.680. The van der Waals surface area contributed by atoms with E-state index in [-0.39, 0.29) is 20.3 Å². The number of rotatable bonds is 2. The average Bonchev–Trinajstić information content (AvgIpc) is 2.05. The van der Waals surface area contributed by atoms with E-state index in [0.717, 1.165) is 0 Å². The van der Waals surface area contributed by atoms with Gasteiger partial charge in [-0.3, -0.25) is 0 Å². The van der Waals surface area contributed by atoms with Gasteiger partial charge in [-0.15, -0.1) is 0 Å². The smallest absolute Gasteiger partial charge is 1.00 e. The van der Waals surface area contributed by atoms with Crippen LogP contribution in [0.5, 0.6) is 5.75 Å². The minimum absolute atomic E-state index is 0. The Balaban J connectivity index is 0. The van der Waals surface area contributed by atoms with Crippen LogP contribution in [0.15, 0.2) is 29.2 Å². The number of hydrogen-bond acceptors (Lipinski definition) is 2. The summed E-state index contributed by atoms with van der Waals surface area (Å²) in [4.78, 5) is 0.380. The molecule has 0 fully saturated rings. The van der Waals surface area contributed by atoms with Crippen LogP contribution in [0.4, 0.5) is 0 Å². The van der Waals surface area contributed by atoms with E-state index in [1.165, 1.54) is 0 Å². The minimum Gasteiger partial charge on any atom is -1.00 e. The van der Waals surface area contributed by atoms with Crippen LogP contribution in [-0.4, -0.2) is 15.9 Å². The van der Waals surface area contributed by atoms with Crippen molar-refractivity contribution in [2.75, 3.05) is 7.11 Å². The molecular weight excluding hydrogens is 171 g/mol. The number of hydrogen-bond donors (Lipinski definition) is 1. The normalized spacial score (nSPS) is 11.5. The molecule has 0 aromatic heterocycles. The van der Waals surface area contributed by atoms with Gasteiger partial charge in [0, 0.05) is 0 Å². The Morgan fingerprint density at radius 3 is 2.25 bits per heavy atom. The van der Waals surface area contributed by atoms with Crippen molar-refractivity contribution >= 4 is 11.1 Å². The fourth-order valence-corrected chi connectivity index (χ4v) is 1.06. The Labute approximate surface area is 87.1 Å². The Morgan fingerprint density at radius 2 is 1.92 bits per heavy atom. The molecular formula is C7H9LiO3S. The molecule has 1 rings (SSSR count). The van der Waals surface area contributed by atoms with Crippen molar-refractivity contribution in [3.05, 3.63) is 24.3 Å². The van der Waals surface area contributed by atoms with Crippen LogP contribution in [0, 0.1) is 0 Å². The van der Waals surface area contributed by atoms with Crippen molar-refractivity contribution in [1.82, 2.24) is 0 Å². The molecule has 0 saturated heterocycles. The van der Waals surface area contributed by atoms with Gasteiger partial charge in [0.1, 0.15) is 5.75 Å². The van der Waals surface area contributed by atoms with Gasteiger partial charge in [-0.25, -0.2) is 4.21 Å². The Hall–Kier alpha value is -0.273. The predicted octanol–water partition coefficient (Wildman–Crippen LogP) is -1.61. The maximum Gasteiger partial charge on any atom is 1.00 e. The summed E-state index contributed by atoms with van der Waals surface area (Å²) < 4.78 is 24.0. The molecule has 0 aliphatic heterocycles. The molecule has 1 aromatic carbocycles. The van der Waals surface area contributed by atoms with Crippen LogP contribution in [-0.2, 0) is 11.1 Å². The topological polar surface area (TPSA) is 46.5 Å². The average molecular weight is 180 g/mol. The second kappa shape index (κ2) is 5.39. The molecule has 1 atom stereocenters. The zero-order valence-corrected chi connectivity index (χ0v) is 7.80. The van der Waals surface area contributed by atoms with Crippen LogP contribution in [0.1, 0.15) is 1.43 Å². The van der Waals surface area contributed by atoms with Crippen LogP contribution >= 0.6 is 0 Å². The molecule has 1 aromatic rings. The van der Waals surface area contributed by atoms with Gasteiger partial charge in [-0.2, -0.15) is 0 Å². The fraction of sp³-hybridized carbons (Fsp3) is 0.143. The van der Waals surface area contributed by atoms with Crippen molar-refractivity contribution in [3.63, 3.8) is 0 Å². The fourth-order valence-electron chi connectivity index (χ4n) is 0.692. The zero-order valence-electron chi connectivity index (χ0n) is 7.98. The minimum atomic E-state index is -1.89. The molecule has 12 heavy (non-hydrogen) atoms. The third-order valence-electron chi connectivity index (χ3n) is 1.26. The van der Waals surface area contributed by atoms with Crippen LogP contribution in [0.25, 0.3) is 0 Å². The first-order valence-electron chi connectivity index (χ1n) is 2.99. The van der Waals surface area contributed by atoms with E-state index < -0.39 is 11.1 Å². The third-order valence-corrected chi connectivity index (χ3v) is 1.94. The van der Waals surface area contributed by atoms with Gasteiger partial charge in [0.2, 0.25) is 0 Å². The molecule has 0 radical (unpaired) electrons. The standard InChI is InChI=1S/C7H8O3S.Li.H/c1-10-6-2-4-7(5-3-6)11(8)9;;/h2-5H,1H3,(H,8,9);;/q;+1;-1. The van der Waals surface area contributed by atoms with E-state index in [1.54, 1.807) is 31.4 Å². The molecule has 0 bridgehead atoms. The molecule has 0 aliphatic carbocycles. The summed E-state index contributed by atoms with van der Waals surface area (Å²) in [5.41, 5.74) is 0. The molecule has 62 valence electrons. The van der Waals surface area contributed by atoms with Crippen molar-refractivity contribution in [2.45, 2.75) is 4.90 Å². The summed E-state index contributed by atoms with van der Waals surface area (Å²) in [5, 5.41) is 0. The SMILES string of the molecule is COc1ccc(S(=O)O)cc1.[H-].[Li+]. The van der Waals surface area contributed by atoms with Crippen LogP contribution in [0.3, 0.4) is 0 Å². The second-order valence-corrected chi connectivity index (χ2v) is 2.89. The quantitative estimate of drug-likeness (QED) is 0.440. The monoisotopic (exact) mass is 180 g/mol. The first-order chi connectivity index (χ1) is 5.24. The van der Waals surface area contributed by atoms with E-state index >= 15 is 0 Å². The van der Waals surface area contributed by atoms with Crippen LogP contribution in [0.2, 0.25) is 0 Å². The van der Waals surface area contributed by atoms with E-state index in [4.69, 9.17) is 9.29 Å². The number of methoxy groups -OCH3 is 1. The van der Waals surface area contributed by atoms with E-state index in [0.29, 0.717) is 10.6 Å². The van der Waals surface area contributed by atoms with Gasteiger partial charge in [-0.1, -0.05) is 0 Å². The molecule has 0 spiro atoms. The van der Waals surface area contributed by atoms with E-state index in [9.17, 15) is 4.21 Å². The summed E-state index contributed by atoms with van der Waals surface area (Å²) in [7, 11) is 1.55. The van der Waals surface area contributed by atoms with Crippen molar-refractivity contribution in [2.24, 2.45) is 0 Å². The van der Waals surface area contributed by atoms with Gasteiger partial charge >= 0.3 is 18.9 Å². The van der Waals surface area contributed by atoms with Crippen LogP contribution < -0.4 is 23.6 Å². The summed E-state index contributed by atoms with van der Waals surface area (Å²) in [6.07, 6.45) is 0. The molecule has 0 heterocycles. The number of benzene rings is 1. The third kappa shape index (κ3) is 3.00. The Kier molecular flexibility index (Phi) is 5.26. The van der Waals surface area contributed by atoms with Crippen molar-refractivity contribution in [3.8, 4) is 5.75 Å². The molecule has 0 saturated carbocycles. The Morgan fingerprint density at radius 1 is 1.42 bits per heavy atom. The first kappa shape index (κ1) is 11.7. The molecule has 0 amide bonds. The zero-order chi connectivity index (χ0) is 8.27. The molecule has 1 N–H and O–H groups in total. The number of ether oxygens (including phenoxy) is 1. The van der Waals surface area contributed by atoms with Gasteiger partial charge in [0.25, 0.3) is 0 Å². The predicted molar refractivity (Wildman–Crippen MR) is 43.1 cm³/mol. The maximum absolute atomic E-state index is 10.5. The Bertz CT molecular complexity index is 265. The van der Waals surface area contributed by atoms with Gasteiger partial charge in [0.15, 0.2) is 11.1 Å². The van der Waals surface area contributed by atoms with Gasteiger partial charge < -0.3 is 10.7 Å². The van der Waals surface area contributed by atoms with E-state index in [1.807, 2.05) is 0 Å².